The average molecular weight is 903 g/mol. The van der Waals surface area contributed by atoms with Crippen molar-refractivity contribution in [2.75, 3.05) is 6.26 Å². The highest BCUT2D eigenvalue weighted by Crippen LogP contribution is 2.43. The van der Waals surface area contributed by atoms with E-state index in [2.05, 4.69) is 13.8 Å². The number of carbonyl (C=O) groups is 5. The summed E-state index contributed by atoms with van der Waals surface area (Å²) in [6.45, 7) is 12.9. The van der Waals surface area contributed by atoms with Gasteiger partial charge in [0.25, 0.3) is 10.1 Å². The first-order valence-electron chi connectivity index (χ1n) is 20.2. The molecule has 11 atom stereocenters. The van der Waals surface area contributed by atoms with Crippen LogP contribution in [0.15, 0.2) is 91.0 Å². The van der Waals surface area contributed by atoms with Crippen LogP contribution in [0.4, 0.5) is 0 Å². The number of hydrogen-bond acceptors (Lipinski definition) is 15. The first-order valence-corrected chi connectivity index (χ1v) is 23.9. The quantitative estimate of drug-likeness (QED) is 0.0675. The molecule has 13 nitrogen and oxygen atoms in total. The van der Waals surface area contributed by atoms with E-state index in [-0.39, 0.29) is 29.7 Å². The summed E-state index contributed by atoms with van der Waals surface area (Å²) in [5, 5.41) is 10.6. The fourth-order valence-electron chi connectivity index (χ4n) is 6.73. The largest absolute Gasteiger partial charge is 0.455 e. The lowest BCUT2D eigenvalue weighted by atomic mass is 9.97. The van der Waals surface area contributed by atoms with Crippen LogP contribution in [-0.4, -0.2) is 95.7 Å². The number of benzene rings is 3. The van der Waals surface area contributed by atoms with Gasteiger partial charge in [0.05, 0.1) is 29.1 Å². The lowest BCUT2D eigenvalue weighted by Crippen LogP contribution is -2.36. The fraction of sp³-hybridized carbons (Fsp3) is 0.489. The molecule has 0 spiro atoms. The molecule has 0 saturated carbocycles. The van der Waals surface area contributed by atoms with E-state index >= 15 is 0 Å². The van der Waals surface area contributed by atoms with Gasteiger partial charge in [0.2, 0.25) is 0 Å². The summed E-state index contributed by atoms with van der Waals surface area (Å²) in [6, 6.07) is 26.0. The molecule has 16 heteroatoms. The van der Waals surface area contributed by atoms with Crippen molar-refractivity contribution < 1.29 is 60.6 Å². The molecule has 0 aliphatic carbocycles. The van der Waals surface area contributed by atoms with Crippen LogP contribution in [0.2, 0.25) is 0 Å². The molecular formula is C45H58O13S3. The standard InChI is InChI=1S/C16H20O4S.C15H20O6S.C14H18O3S/c1-4-13-10(2)14(16(21-13)19-11(3)17)20-15(18)12-8-6-5-7-9-12;1-4-13(21-22(3,18)19)11(2)14(10-16)20-15(17)12-8-6-5-7-9-12;1-3-11-9(2)12(14(16)18-11)17-13(15)10-7-5-4-6-8-10/h5-10,13-14,16H,4H2,1-3H3;5-11,13-14H,4H2,1-3H3;4-9,11-12,14,16H,3H2,1-2H3/t10-,13+,14-,16?;11-,13-,14+;9-,11+,12-,14?/m111/s1. The number of ether oxygens (including phenoxy) is 4. The summed E-state index contributed by atoms with van der Waals surface area (Å²) in [4.78, 5) is 58.6. The highest BCUT2D eigenvalue weighted by Gasteiger charge is 2.45. The molecule has 5 rings (SSSR count). The second-order valence-electron chi connectivity index (χ2n) is 14.7. The molecule has 2 heterocycles. The van der Waals surface area contributed by atoms with Gasteiger partial charge in [-0.2, -0.15) is 8.42 Å². The van der Waals surface area contributed by atoms with Gasteiger partial charge >= 0.3 is 23.9 Å². The smallest absolute Gasteiger partial charge is 0.338 e. The summed E-state index contributed by atoms with van der Waals surface area (Å²) < 4.78 is 49.0. The third-order valence-corrected chi connectivity index (χ3v) is 14.2. The Balaban J connectivity index is 0.000000245. The number of aliphatic hydroxyl groups excluding tert-OH is 1. The van der Waals surface area contributed by atoms with E-state index in [0.717, 1.165) is 19.1 Å². The predicted molar refractivity (Wildman–Crippen MR) is 235 cm³/mol. The van der Waals surface area contributed by atoms with E-state index < -0.39 is 57.3 Å². The van der Waals surface area contributed by atoms with Gasteiger partial charge in [0, 0.05) is 35.2 Å². The second kappa shape index (κ2) is 25.0. The van der Waals surface area contributed by atoms with Crippen molar-refractivity contribution in [3.8, 4) is 0 Å². The number of hydrogen-bond donors (Lipinski definition) is 1. The Labute approximate surface area is 368 Å². The topological polar surface area (TPSA) is 186 Å². The minimum Gasteiger partial charge on any atom is -0.455 e. The van der Waals surface area contributed by atoms with Gasteiger partial charge in [-0.05, 0) is 55.7 Å². The Morgan fingerprint density at radius 3 is 1.52 bits per heavy atom. The van der Waals surface area contributed by atoms with Crippen molar-refractivity contribution in [1.29, 1.82) is 0 Å². The highest BCUT2D eigenvalue weighted by molar-refractivity contribution is 8.00. The van der Waals surface area contributed by atoms with Gasteiger partial charge in [-0.25, -0.2) is 14.4 Å². The normalized spacial score (nSPS) is 24.5. The number of thioether (sulfide) groups is 2. The molecule has 1 N–H and O–H groups in total. The molecule has 3 aromatic rings. The van der Waals surface area contributed by atoms with E-state index in [0.29, 0.717) is 39.9 Å². The molecule has 2 aliphatic rings. The van der Waals surface area contributed by atoms with Crippen molar-refractivity contribution in [3.63, 3.8) is 0 Å². The van der Waals surface area contributed by atoms with Crippen molar-refractivity contribution in [2.24, 2.45) is 17.8 Å². The summed E-state index contributed by atoms with van der Waals surface area (Å²) in [7, 11) is -3.66. The lowest BCUT2D eigenvalue weighted by Gasteiger charge is -2.26. The molecule has 0 aromatic heterocycles. The molecule has 2 fully saturated rings. The first-order chi connectivity index (χ1) is 28.9. The minimum atomic E-state index is -3.66. The molecule has 3 aromatic carbocycles. The molecule has 0 radical (unpaired) electrons. The van der Waals surface area contributed by atoms with Crippen LogP contribution >= 0.6 is 23.5 Å². The van der Waals surface area contributed by atoms with Crippen LogP contribution in [0.1, 0.15) is 98.8 Å². The Morgan fingerprint density at radius 2 is 1.13 bits per heavy atom. The average Bonchev–Trinajstić information content (AvgIpc) is 3.70. The van der Waals surface area contributed by atoms with Gasteiger partial charge in [-0.3, -0.25) is 13.8 Å². The zero-order valence-corrected chi connectivity index (χ0v) is 38.2. The third-order valence-electron chi connectivity index (χ3n) is 10.2. The summed E-state index contributed by atoms with van der Waals surface area (Å²) in [6.07, 6.45) is 1.07. The van der Waals surface area contributed by atoms with Crippen LogP contribution in [0.25, 0.3) is 0 Å². The zero-order chi connectivity index (χ0) is 45.3. The van der Waals surface area contributed by atoms with Crippen LogP contribution in [-0.2, 0) is 42.8 Å². The van der Waals surface area contributed by atoms with Crippen molar-refractivity contribution in [2.45, 2.75) is 114 Å². The van der Waals surface area contributed by atoms with E-state index in [1.54, 1.807) is 104 Å². The number of aldehydes is 1. The van der Waals surface area contributed by atoms with Gasteiger partial charge in [0.15, 0.2) is 23.9 Å². The lowest BCUT2D eigenvalue weighted by molar-refractivity contribution is -0.146. The van der Waals surface area contributed by atoms with Crippen molar-refractivity contribution >= 4 is 63.8 Å². The van der Waals surface area contributed by atoms with Crippen LogP contribution in [0.3, 0.4) is 0 Å². The fourth-order valence-corrected chi connectivity index (χ4v) is 10.5. The third kappa shape index (κ3) is 15.9. The minimum absolute atomic E-state index is 0.150. The van der Waals surface area contributed by atoms with Gasteiger partial charge in [-0.1, -0.05) is 96.1 Å². The Morgan fingerprint density at radius 1 is 0.705 bits per heavy atom. The molecule has 334 valence electrons. The summed E-state index contributed by atoms with van der Waals surface area (Å²) >= 11 is 3.07. The number of carbonyl (C=O) groups excluding carboxylic acids is 5. The van der Waals surface area contributed by atoms with E-state index in [1.165, 1.54) is 18.7 Å². The Bertz CT molecular complexity index is 1950. The summed E-state index contributed by atoms with van der Waals surface area (Å²) in [5.41, 5.74) is 0.324. The molecule has 2 unspecified atom stereocenters. The highest BCUT2D eigenvalue weighted by atomic mass is 32.2. The molecule has 2 saturated heterocycles. The molecule has 2 aliphatic heterocycles. The molecule has 61 heavy (non-hydrogen) atoms. The zero-order valence-electron chi connectivity index (χ0n) is 35.8. The van der Waals surface area contributed by atoms with Crippen molar-refractivity contribution in [1.82, 2.24) is 0 Å². The Kier molecular flexibility index (Phi) is 21.0. The second-order valence-corrected chi connectivity index (χ2v) is 19.0. The first kappa shape index (κ1) is 51.1. The molecule has 0 bridgehead atoms. The number of esters is 4. The van der Waals surface area contributed by atoms with Crippen LogP contribution in [0.5, 0.6) is 0 Å². The van der Waals surface area contributed by atoms with Crippen LogP contribution < -0.4 is 0 Å². The number of aliphatic hydroxyl groups is 1. The van der Waals surface area contributed by atoms with Gasteiger partial charge in [0.1, 0.15) is 11.5 Å². The van der Waals surface area contributed by atoms with E-state index in [1.807, 2.05) is 26.0 Å². The molecule has 0 amide bonds. The molecular weight excluding hydrogens is 845 g/mol. The SMILES string of the molecule is CC[C@@H](OS(C)(=O)=O)[C@@H](C)[C@H](C=O)OC(=O)c1ccccc1.CC[C@@H]1SC(O)[C@H](OC(=O)c2ccccc2)[C@@H]1C.CC[C@@H]1SC(OC(C)=O)[C@H](OC(=O)c2ccccc2)[C@@H]1C. The maximum absolute atomic E-state index is 12.2. The van der Waals surface area contributed by atoms with Gasteiger partial charge < -0.3 is 24.1 Å². The Hall–Kier alpha value is -4.22. The van der Waals surface area contributed by atoms with Crippen molar-refractivity contribution in [3.05, 3.63) is 108 Å². The van der Waals surface area contributed by atoms with Gasteiger partial charge in [-0.15, -0.1) is 23.5 Å². The predicted octanol–water partition coefficient (Wildman–Crippen LogP) is 7.76. The van der Waals surface area contributed by atoms with E-state index in [4.69, 9.17) is 23.1 Å². The van der Waals surface area contributed by atoms with E-state index in [9.17, 15) is 37.5 Å². The summed E-state index contributed by atoms with van der Waals surface area (Å²) in [5.74, 6) is -1.98. The number of rotatable bonds is 15. The monoisotopic (exact) mass is 902 g/mol. The maximum Gasteiger partial charge on any atom is 0.338 e. The van der Waals surface area contributed by atoms with Crippen LogP contribution in [0, 0.1) is 17.8 Å². The maximum atomic E-state index is 12.2.